The minimum Gasteiger partial charge on any atom is -0.361 e. The van der Waals surface area contributed by atoms with Crippen LogP contribution in [0.1, 0.15) is 32.1 Å². The molecule has 0 fully saturated rings. The van der Waals surface area contributed by atoms with Gasteiger partial charge in [0.15, 0.2) is 5.13 Å². The van der Waals surface area contributed by atoms with E-state index in [4.69, 9.17) is 5.26 Å². The van der Waals surface area contributed by atoms with E-state index in [1.165, 1.54) is 11.3 Å². The van der Waals surface area contributed by atoms with Crippen molar-refractivity contribution < 1.29 is 0 Å². The summed E-state index contributed by atoms with van der Waals surface area (Å²) in [6, 6.07) is 2.07. The Hall–Kier alpha value is -1.08. The number of hydrogen-bond acceptors (Lipinski definition) is 4. The summed E-state index contributed by atoms with van der Waals surface area (Å²) >= 11 is 1.40. The van der Waals surface area contributed by atoms with E-state index in [1.54, 1.807) is 6.20 Å². The number of nitrogens with one attached hydrogen (secondary N) is 1. The van der Waals surface area contributed by atoms with Crippen LogP contribution >= 0.6 is 11.3 Å². The lowest BCUT2D eigenvalue weighted by atomic mass is 9.92. The van der Waals surface area contributed by atoms with Gasteiger partial charge in [0, 0.05) is 6.54 Å². The van der Waals surface area contributed by atoms with Crippen LogP contribution in [0.25, 0.3) is 0 Å². The SMILES string of the molecule is CC(C)(C)CCNc1ncc(C#N)s1. The van der Waals surface area contributed by atoms with Crippen molar-refractivity contribution in [2.75, 3.05) is 11.9 Å². The number of thiazole rings is 1. The summed E-state index contributed by atoms with van der Waals surface area (Å²) in [6.45, 7) is 7.52. The van der Waals surface area contributed by atoms with Crippen LogP contribution in [-0.4, -0.2) is 11.5 Å². The average molecular weight is 209 g/mol. The molecule has 1 aromatic rings. The summed E-state index contributed by atoms with van der Waals surface area (Å²) in [5.41, 5.74) is 0.336. The Morgan fingerprint density at radius 3 is 2.79 bits per heavy atom. The maximum atomic E-state index is 8.60. The first-order valence-electron chi connectivity index (χ1n) is 4.61. The van der Waals surface area contributed by atoms with Gasteiger partial charge in [0.25, 0.3) is 0 Å². The maximum absolute atomic E-state index is 8.60. The van der Waals surface area contributed by atoms with Gasteiger partial charge in [-0.2, -0.15) is 5.26 Å². The van der Waals surface area contributed by atoms with E-state index in [9.17, 15) is 0 Å². The van der Waals surface area contributed by atoms with Gasteiger partial charge in [-0.05, 0) is 11.8 Å². The molecule has 0 aliphatic heterocycles. The second-order valence-corrected chi connectivity index (χ2v) is 5.41. The summed E-state index contributed by atoms with van der Waals surface area (Å²) in [7, 11) is 0. The first kappa shape index (κ1) is 11.0. The van der Waals surface area contributed by atoms with E-state index >= 15 is 0 Å². The zero-order valence-corrected chi connectivity index (χ0v) is 9.61. The van der Waals surface area contributed by atoms with Crippen molar-refractivity contribution in [3.8, 4) is 6.07 Å². The number of hydrogen-bond donors (Lipinski definition) is 1. The van der Waals surface area contributed by atoms with Gasteiger partial charge in [0.1, 0.15) is 10.9 Å². The summed E-state index contributed by atoms with van der Waals surface area (Å²) < 4.78 is 0. The molecule has 0 saturated carbocycles. The molecule has 0 radical (unpaired) electrons. The smallest absolute Gasteiger partial charge is 0.183 e. The predicted molar refractivity (Wildman–Crippen MR) is 59.4 cm³/mol. The summed E-state index contributed by atoms with van der Waals surface area (Å²) in [5, 5.41) is 12.6. The lowest BCUT2D eigenvalue weighted by Crippen LogP contribution is -2.12. The van der Waals surface area contributed by atoms with Gasteiger partial charge in [-0.25, -0.2) is 4.98 Å². The first-order valence-corrected chi connectivity index (χ1v) is 5.43. The maximum Gasteiger partial charge on any atom is 0.183 e. The van der Waals surface area contributed by atoms with Gasteiger partial charge in [0.2, 0.25) is 0 Å². The van der Waals surface area contributed by atoms with Crippen LogP contribution in [0.15, 0.2) is 6.20 Å². The average Bonchev–Trinajstić information content (AvgIpc) is 2.50. The fraction of sp³-hybridized carbons (Fsp3) is 0.600. The summed E-state index contributed by atoms with van der Waals surface area (Å²) in [4.78, 5) is 4.75. The normalized spacial score (nSPS) is 11.0. The van der Waals surface area contributed by atoms with Gasteiger partial charge in [-0.15, -0.1) is 0 Å². The molecule has 1 N–H and O–H groups in total. The molecule has 0 spiro atoms. The Morgan fingerprint density at radius 2 is 2.29 bits per heavy atom. The zero-order valence-electron chi connectivity index (χ0n) is 8.79. The van der Waals surface area contributed by atoms with E-state index in [2.05, 4.69) is 37.1 Å². The van der Waals surface area contributed by atoms with Gasteiger partial charge in [0.05, 0.1) is 6.20 Å². The topological polar surface area (TPSA) is 48.7 Å². The number of rotatable bonds is 3. The minimum atomic E-state index is 0.336. The minimum absolute atomic E-state index is 0.336. The molecule has 76 valence electrons. The molecule has 0 unspecified atom stereocenters. The third kappa shape index (κ3) is 3.75. The zero-order chi connectivity index (χ0) is 10.6. The van der Waals surface area contributed by atoms with Crippen LogP contribution in [0, 0.1) is 16.7 Å². The molecular weight excluding hydrogens is 194 g/mol. The number of nitriles is 1. The standard InChI is InChI=1S/C10H15N3S/c1-10(2,3)4-5-12-9-13-7-8(6-11)14-9/h7H,4-5H2,1-3H3,(H,12,13). The molecule has 0 saturated heterocycles. The molecule has 1 rings (SSSR count). The van der Waals surface area contributed by atoms with Crippen LogP contribution in [0.2, 0.25) is 0 Å². The number of aromatic nitrogens is 1. The largest absolute Gasteiger partial charge is 0.361 e. The molecule has 0 aromatic carbocycles. The highest BCUT2D eigenvalue weighted by Crippen LogP contribution is 2.20. The molecule has 0 bridgehead atoms. The van der Waals surface area contributed by atoms with Crippen LogP contribution < -0.4 is 5.32 Å². The molecule has 0 aliphatic rings. The lowest BCUT2D eigenvalue weighted by molar-refractivity contribution is 0.390. The third-order valence-corrected chi connectivity index (χ3v) is 2.63. The molecular formula is C10H15N3S. The molecule has 0 atom stereocenters. The molecule has 14 heavy (non-hydrogen) atoms. The first-order chi connectivity index (χ1) is 6.51. The summed E-state index contributed by atoms with van der Waals surface area (Å²) in [5.74, 6) is 0. The highest BCUT2D eigenvalue weighted by molar-refractivity contribution is 7.16. The van der Waals surface area contributed by atoms with E-state index in [0.29, 0.717) is 10.3 Å². The fourth-order valence-electron chi connectivity index (χ4n) is 0.952. The number of anilines is 1. The van der Waals surface area contributed by atoms with Gasteiger partial charge in [-0.1, -0.05) is 32.1 Å². The summed E-state index contributed by atoms with van der Waals surface area (Å²) in [6.07, 6.45) is 2.69. The Kier molecular flexibility index (Phi) is 3.48. The predicted octanol–water partition coefficient (Wildman–Crippen LogP) is 2.86. The van der Waals surface area contributed by atoms with Crippen molar-refractivity contribution in [3.05, 3.63) is 11.1 Å². The van der Waals surface area contributed by atoms with E-state index in [-0.39, 0.29) is 0 Å². The molecule has 0 amide bonds. The van der Waals surface area contributed by atoms with Crippen LogP contribution in [-0.2, 0) is 0 Å². The molecule has 1 heterocycles. The molecule has 4 heteroatoms. The van der Waals surface area contributed by atoms with Crippen molar-refractivity contribution in [1.82, 2.24) is 4.98 Å². The second kappa shape index (κ2) is 4.43. The van der Waals surface area contributed by atoms with Crippen LogP contribution in [0.3, 0.4) is 0 Å². The lowest BCUT2D eigenvalue weighted by Gasteiger charge is -2.17. The van der Waals surface area contributed by atoms with E-state index in [0.717, 1.165) is 18.1 Å². The van der Waals surface area contributed by atoms with Crippen LogP contribution in [0.4, 0.5) is 5.13 Å². The molecule has 3 nitrogen and oxygen atoms in total. The highest BCUT2D eigenvalue weighted by atomic mass is 32.1. The Morgan fingerprint density at radius 1 is 1.57 bits per heavy atom. The van der Waals surface area contributed by atoms with E-state index < -0.39 is 0 Å². The highest BCUT2D eigenvalue weighted by Gasteiger charge is 2.09. The van der Waals surface area contributed by atoms with Crippen LogP contribution in [0.5, 0.6) is 0 Å². The fourth-order valence-corrected chi connectivity index (χ4v) is 1.59. The van der Waals surface area contributed by atoms with Crippen molar-refractivity contribution in [1.29, 1.82) is 5.26 Å². The van der Waals surface area contributed by atoms with Gasteiger partial charge < -0.3 is 5.32 Å². The third-order valence-electron chi connectivity index (χ3n) is 1.77. The van der Waals surface area contributed by atoms with E-state index in [1.807, 2.05) is 0 Å². The van der Waals surface area contributed by atoms with Crippen molar-refractivity contribution in [3.63, 3.8) is 0 Å². The quantitative estimate of drug-likeness (QED) is 0.832. The Labute approximate surface area is 88.8 Å². The molecule has 0 aliphatic carbocycles. The number of nitrogens with zero attached hydrogens (tertiary/aromatic N) is 2. The van der Waals surface area contributed by atoms with Crippen molar-refractivity contribution in [2.24, 2.45) is 5.41 Å². The second-order valence-electron chi connectivity index (χ2n) is 4.38. The molecule has 1 aromatic heterocycles. The monoisotopic (exact) mass is 209 g/mol. The van der Waals surface area contributed by atoms with Gasteiger partial charge in [-0.3, -0.25) is 0 Å². The Bertz CT molecular complexity index is 330. The van der Waals surface area contributed by atoms with Gasteiger partial charge >= 0.3 is 0 Å². The van der Waals surface area contributed by atoms with Crippen molar-refractivity contribution >= 4 is 16.5 Å². The Balaban J connectivity index is 2.36. The van der Waals surface area contributed by atoms with Crippen molar-refractivity contribution in [2.45, 2.75) is 27.2 Å².